The number of nitrogens with two attached hydrogens (primary N) is 1. The summed E-state index contributed by atoms with van der Waals surface area (Å²) in [6.07, 6.45) is 7.11. The fourth-order valence-electron chi connectivity index (χ4n) is 3.36. The van der Waals surface area contributed by atoms with Crippen molar-refractivity contribution < 1.29 is 36.1 Å². The third-order valence-corrected chi connectivity index (χ3v) is 10.9. The van der Waals surface area contributed by atoms with E-state index < -0.39 is 23.7 Å². The number of primary amides is 1. The standard InChI is InChI=1S/C24H55NO6Si2.C3H7NO2/c1-7-17-26-32(27-18-8-2,28-19-9-3)23-13-15-25-16-14-24-33(29-20-10-4,30-21-11-5)31-22-12-6;1-2-6-3(4)5/h25H,7-24H2,1-6H3;2H2,1H3,(H2,4,5). The van der Waals surface area contributed by atoms with E-state index in [2.05, 4.69) is 57.3 Å². The van der Waals surface area contributed by atoms with Gasteiger partial charge in [0.25, 0.3) is 0 Å². The molecule has 0 heterocycles. The highest BCUT2D eigenvalue weighted by Crippen LogP contribution is 2.21. The van der Waals surface area contributed by atoms with Crippen LogP contribution in [0.4, 0.5) is 4.79 Å². The van der Waals surface area contributed by atoms with E-state index in [-0.39, 0.29) is 0 Å². The smallest absolute Gasteiger partial charge is 0.450 e. The number of rotatable bonds is 27. The fraction of sp³-hybridized carbons (Fsp3) is 0.963. The van der Waals surface area contributed by atoms with Crippen molar-refractivity contribution in [2.75, 3.05) is 59.3 Å². The second-order valence-electron chi connectivity index (χ2n) is 9.17. The molecule has 0 rings (SSSR count). The van der Waals surface area contributed by atoms with E-state index in [1.165, 1.54) is 0 Å². The summed E-state index contributed by atoms with van der Waals surface area (Å²) in [5.74, 6) is 0. The largest absolute Gasteiger partial charge is 0.501 e. The Morgan fingerprint density at radius 1 is 0.564 bits per heavy atom. The van der Waals surface area contributed by atoms with Gasteiger partial charge in [-0.25, -0.2) is 4.79 Å². The minimum Gasteiger partial charge on any atom is -0.450 e. The molecule has 10 nitrogen and oxygen atoms in total. The number of amides is 1. The monoisotopic (exact) mass is 598 g/mol. The number of hydrogen-bond acceptors (Lipinski definition) is 9. The Labute approximate surface area is 242 Å². The van der Waals surface area contributed by atoms with Crippen molar-refractivity contribution in [2.45, 2.75) is 112 Å². The maximum absolute atomic E-state index is 9.60. The Bertz CT molecular complexity index is 456. The zero-order valence-corrected chi connectivity index (χ0v) is 28.3. The van der Waals surface area contributed by atoms with Crippen LogP contribution < -0.4 is 11.1 Å². The molecule has 0 aliphatic rings. The molecule has 0 aromatic heterocycles. The van der Waals surface area contributed by atoms with Crippen LogP contribution in [0.5, 0.6) is 0 Å². The predicted molar refractivity (Wildman–Crippen MR) is 162 cm³/mol. The molecule has 0 radical (unpaired) electrons. The fourth-order valence-corrected chi connectivity index (χ4v) is 9.03. The van der Waals surface area contributed by atoms with Gasteiger partial charge in [0, 0.05) is 51.7 Å². The van der Waals surface area contributed by atoms with E-state index in [9.17, 15) is 4.79 Å². The molecule has 12 heteroatoms. The lowest BCUT2D eigenvalue weighted by molar-refractivity contribution is 0.0586. The van der Waals surface area contributed by atoms with Gasteiger partial charge in [-0.05, 0) is 71.4 Å². The van der Waals surface area contributed by atoms with Crippen molar-refractivity contribution in [2.24, 2.45) is 5.73 Å². The van der Waals surface area contributed by atoms with Gasteiger partial charge in [-0.3, -0.25) is 0 Å². The van der Waals surface area contributed by atoms with Gasteiger partial charge < -0.3 is 42.3 Å². The van der Waals surface area contributed by atoms with E-state index in [4.69, 9.17) is 26.6 Å². The van der Waals surface area contributed by atoms with E-state index in [1.807, 2.05) is 0 Å². The number of carbonyl (C=O) groups excluding carboxylic acids is 1. The van der Waals surface area contributed by atoms with Crippen molar-refractivity contribution in [1.82, 2.24) is 5.32 Å². The minimum absolute atomic E-state index is 0.356. The van der Waals surface area contributed by atoms with Crippen molar-refractivity contribution in [3.05, 3.63) is 0 Å². The molecule has 0 atom stereocenters. The number of nitrogens with one attached hydrogen (secondary N) is 1. The Morgan fingerprint density at radius 2 is 0.846 bits per heavy atom. The zero-order valence-electron chi connectivity index (χ0n) is 26.3. The van der Waals surface area contributed by atoms with E-state index in [0.29, 0.717) is 46.2 Å². The highest BCUT2D eigenvalue weighted by molar-refractivity contribution is 6.61. The van der Waals surface area contributed by atoms with Gasteiger partial charge in [0.1, 0.15) is 0 Å². The second-order valence-corrected chi connectivity index (χ2v) is 14.6. The summed E-state index contributed by atoms with van der Waals surface area (Å²) in [6, 6.07) is 1.72. The Hall–Kier alpha value is -0.576. The minimum atomic E-state index is -2.59. The molecule has 0 bridgehead atoms. The predicted octanol–water partition coefficient (Wildman–Crippen LogP) is 5.90. The van der Waals surface area contributed by atoms with Crippen LogP contribution in [0.3, 0.4) is 0 Å². The van der Waals surface area contributed by atoms with Crippen LogP contribution in [0.15, 0.2) is 0 Å². The second kappa shape index (κ2) is 28.9. The van der Waals surface area contributed by atoms with Gasteiger partial charge in [-0.1, -0.05) is 41.5 Å². The summed E-state index contributed by atoms with van der Waals surface area (Å²) < 4.78 is 41.3. The molecule has 0 fully saturated rings. The molecule has 0 aliphatic heterocycles. The molecule has 0 spiro atoms. The zero-order chi connectivity index (χ0) is 29.7. The maximum Gasteiger partial charge on any atom is 0.501 e. The average molecular weight is 599 g/mol. The molecule has 0 saturated carbocycles. The van der Waals surface area contributed by atoms with Crippen LogP contribution in [0.1, 0.15) is 99.8 Å². The number of ether oxygens (including phenoxy) is 1. The Kier molecular flexibility index (Phi) is 30.1. The molecule has 0 saturated heterocycles. The first-order valence-corrected chi connectivity index (χ1v) is 19.2. The highest BCUT2D eigenvalue weighted by atomic mass is 28.4. The lowest BCUT2D eigenvalue weighted by Gasteiger charge is -2.30. The first kappa shape index (κ1) is 40.6. The topological polar surface area (TPSA) is 120 Å². The first-order chi connectivity index (χ1) is 18.8. The molecule has 1 amide bonds. The van der Waals surface area contributed by atoms with Crippen LogP contribution in [-0.4, -0.2) is 83.0 Å². The molecule has 39 heavy (non-hydrogen) atoms. The van der Waals surface area contributed by atoms with E-state index in [1.54, 1.807) is 6.92 Å². The molecule has 0 aromatic carbocycles. The summed E-state index contributed by atoms with van der Waals surface area (Å²) >= 11 is 0. The van der Waals surface area contributed by atoms with Crippen molar-refractivity contribution in [3.63, 3.8) is 0 Å². The van der Waals surface area contributed by atoms with E-state index in [0.717, 1.165) is 76.5 Å². The van der Waals surface area contributed by atoms with Crippen molar-refractivity contribution in [1.29, 1.82) is 0 Å². The molecule has 3 N–H and O–H groups in total. The summed E-state index contributed by atoms with van der Waals surface area (Å²) in [6.45, 7) is 20.9. The average Bonchev–Trinajstić information content (AvgIpc) is 2.93. The number of carbonyl (C=O) groups is 1. The van der Waals surface area contributed by atoms with Crippen molar-refractivity contribution in [3.8, 4) is 0 Å². The molecular weight excluding hydrogens is 536 g/mol. The van der Waals surface area contributed by atoms with Crippen LogP contribution in [-0.2, 0) is 31.3 Å². The third-order valence-electron chi connectivity index (χ3n) is 5.12. The molecule has 0 aromatic rings. The van der Waals surface area contributed by atoms with Gasteiger partial charge in [-0.2, -0.15) is 0 Å². The number of hydrogen-bond donors (Lipinski definition) is 2. The lowest BCUT2D eigenvalue weighted by Crippen LogP contribution is -2.47. The summed E-state index contributed by atoms with van der Waals surface area (Å²) in [4.78, 5) is 9.60. The Balaban J connectivity index is 0. The van der Waals surface area contributed by atoms with Gasteiger partial charge in [0.2, 0.25) is 0 Å². The van der Waals surface area contributed by atoms with Gasteiger partial charge in [0.15, 0.2) is 0 Å². The molecule has 0 unspecified atom stereocenters. The highest BCUT2D eigenvalue weighted by Gasteiger charge is 2.41. The first-order valence-electron chi connectivity index (χ1n) is 15.3. The lowest BCUT2D eigenvalue weighted by atomic mass is 10.4. The van der Waals surface area contributed by atoms with Crippen molar-refractivity contribution >= 4 is 23.7 Å². The SMILES string of the molecule is CCCO[Si](CCCNCCC[Si](OCCC)(OCCC)OCCC)(OCCC)OCCC.CCOC(N)=O. The van der Waals surface area contributed by atoms with Gasteiger partial charge >= 0.3 is 23.7 Å². The molecular formula is C27H62N2O8Si2. The van der Waals surface area contributed by atoms with Crippen LogP contribution in [0, 0.1) is 0 Å². The Morgan fingerprint density at radius 3 is 1.03 bits per heavy atom. The van der Waals surface area contributed by atoms with Crippen LogP contribution >= 0.6 is 0 Å². The van der Waals surface area contributed by atoms with Gasteiger partial charge in [0.05, 0.1) is 6.61 Å². The summed E-state index contributed by atoms with van der Waals surface area (Å²) in [7, 11) is -5.19. The van der Waals surface area contributed by atoms with Crippen LogP contribution in [0.2, 0.25) is 12.1 Å². The van der Waals surface area contributed by atoms with Crippen LogP contribution in [0.25, 0.3) is 0 Å². The summed E-state index contributed by atoms with van der Waals surface area (Å²) in [5.41, 5.74) is 4.54. The third kappa shape index (κ3) is 23.8. The van der Waals surface area contributed by atoms with Gasteiger partial charge in [-0.15, -0.1) is 0 Å². The molecule has 0 aliphatic carbocycles. The molecule has 236 valence electrons. The normalized spacial score (nSPS) is 11.8. The van der Waals surface area contributed by atoms with E-state index >= 15 is 0 Å². The summed E-state index contributed by atoms with van der Waals surface area (Å²) in [5, 5.41) is 3.58. The maximum atomic E-state index is 9.60. The quantitative estimate of drug-likeness (QED) is 0.0880.